The molecule has 5 unspecified atom stereocenters. The van der Waals surface area contributed by atoms with Crippen LogP contribution in [0.15, 0.2) is 30.3 Å². The Labute approximate surface area is 160 Å². The normalized spacial score (nSPS) is 32.1. The highest BCUT2D eigenvalue weighted by Crippen LogP contribution is 2.46. The van der Waals surface area contributed by atoms with Gasteiger partial charge in [-0.25, -0.2) is 0 Å². The second-order valence-corrected chi connectivity index (χ2v) is 8.35. The van der Waals surface area contributed by atoms with Crippen LogP contribution >= 0.6 is 0 Å². The zero-order valence-electron chi connectivity index (χ0n) is 15.7. The van der Waals surface area contributed by atoms with Crippen LogP contribution in [-0.2, 0) is 9.59 Å². The Morgan fingerprint density at radius 3 is 2.63 bits per heavy atom. The van der Waals surface area contributed by atoms with E-state index < -0.39 is 0 Å². The van der Waals surface area contributed by atoms with E-state index in [1.165, 1.54) is 12.8 Å². The van der Waals surface area contributed by atoms with Gasteiger partial charge in [-0.1, -0.05) is 36.8 Å². The lowest BCUT2D eigenvalue weighted by Gasteiger charge is -2.45. The largest absolute Gasteiger partial charge is 0.353 e. The van der Waals surface area contributed by atoms with E-state index in [1.54, 1.807) is 12.1 Å². The Hall–Kier alpha value is -2.17. The van der Waals surface area contributed by atoms with Gasteiger partial charge >= 0.3 is 0 Å². The Morgan fingerprint density at radius 1 is 1.00 bits per heavy atom. The molecule has 5 nitrogen and oxygen atoms in total. The minimum absolute atomic E-state index is 0.00118. The molecule has 0 spiro atoms. The number of benzene rings is 1. The number of piperidine rings is 1. The van der Waals surface area contributed by atoms with Gasteiger partial charge in [0.25, 0.3) is 0 Å². The van der Waals surface area contributed by atoms with Crippen molar-refractivity contribution in [1.29, 1.82) is 0 Å². The van der Waals surface area contributed by atoms with Crippen molar-refractivity contribution in [2.24, 2.45) is 17.8 Å². The molecule has 0 aromatic heterocycles. The van der Waals surface area contributed by atoms with Gasteiger partial charge in [-0.3, -0.25) is 14.4 Å². The van der Waals surface area contributed by atoms with E-state index in [1.807, 2.05) is 18.2 Å². The quantitative estimate of drug-likeness (QED) is 0.785. The first-order valence-corrected chi connectivity index (χ1v) is 10.3. The molecule has 2 saturated carbocycles. The number of hydrogen-bond acceptors (Lipinski definition) is 3. The molecule has 2 amide bonds. The van der Waals surface area contributed by atoms with Crippen molar-refractivity contribution in [2.75, 3.05) is 0 Å². The van der Waals surface area contributed by atoms with Gasteiger partial charge in [0.15, 0.2) is 5.78 Å². The number of Topliss-reactive ketones (excluding diaryl/α,β-unsaturated/α-hetero) is 1. The fourth-order valence-electron chi connectivity index (χ4n) is 5.42. The third-order valence-corrected chi connectivity index (χ3v) is 6.73. The Balaban J connectivity index is 1.26. The summed E-state index contributed by atoms with van der Waals surface area (Å²) in [6.07, 6.45) is 6.69. The van der Waals surface area contributed by atoms with Gasteiger partial charge < -0.3 is 10.6 Å². The molecule has 1 aromatic carbocycles. The van der Waals surface area contributed by atoms with Crippen molar-refractivity contribution in [3.05, 3.63) is 35.9 Å². The van der Waals surface area contributed by atoms with Crippen molar-refractivity contribution in [1.82, 2.24) is 10.6 Å². The summed E-state index contributed by atoms with van der Waals surface area (Å²) in [5, 5.41) is 6.31. The second-order valence-electron chi connectivity index (χ2n) is 8.35. The first-order chi connectivity index (χ1) is 13.1. The molecule has 4 rings (SSSR count). The number of carbonyl (C=O) groups excluding carboxylic acids is 3. The Morgan fingerprint density at radius 2 is 1.81 bits per heavy atom. The number of ketones is 1. The van der Waals surface area contributed by atoms with Crippen LogP contribution in [0.2, 0.25) is 0 Å². The fourth-order valence-corrected chi connectivity index (χ4v) is 5.42. The van der Waals surface area contributed by atoms with Crippen molar-refractivity contribution < 1.29 is 14.4 Å². The van der Waals surface area contributed by atoms with Crippen molar-refractivity contribution in [3.63, 3.8) is 0 Å². The molecule has 1 aliphatic heterocycles. The topological polar surface area (TPSA) is 75.3 Å². The smallest absolute Gasteiger partial charge is 0.223 e. The first-order valence-electron chi connectivity index (χ1n) is 10.3. The number of carbonyl (C=O) groups is 3. The van der Waals surface area contributed by atoms with E-state index in [2.05, 4.69) is 10.6 Å². The maximum atomic E-state index is 12.3. The number of hydrogen-bond donors (Lipinski definition) is 2. The fraction of sp³-hybridized carbons (Fsp3) is 0.591. The molecular weight excluding hydrogens is 340 g/mol. The highest BCUT2D eigenvalue weighted by molar-refractivity contribution is 5.97. The van der Waals surface area contributed by atoms with Crippen LogP contribution in [0.4, 0.5) is 0 Å². The van der Waals surface area contributed by atoms with Crippen molar-refractivity contribution in [2.45, 2.75) is 63.5 Å². The minimum Gasteiger partial charge on any atom is -0.353 e. The SMILES string of the molecule is O=C(CCC(=O)c1ccccc1)NC1CCC2C(C1)NC(=O)C1CCCC12. The summed E-state index contributed by atoms with van der Waals surface area (Å²) in [4.78, 5) is 36.8. The van der Waals surface area contributed by atoms with Crippen LogP contribution < -0.4 is 10.6 Å². The van der Waals surface area contributed by atoms with Gasteiger partial charge in [0.05, 0.1) is 0 Å². The van der Waals surface area contributed by atoms with Crippen LogP contribution in [-0.4, -0.2) is 29.7 Å². The molecule has 5 heteroatoms. The van der Waals surface area contributed by atoms with Gasteiger partial charge in [-0.2, -0.15) is 0 Å². The highest BCUT2D eigenvalue weighted by Gasteiger charge is 2.48. The second kappa shape index (κ2) is 7.83. The molecule has 0 bridgehead atoms. The van der Waals surface area contributed by atoms with Gasteiger partial charge in [0.1, 0.15) is 0 Å². The van der Waals surface area contributed by atoms with Crippen LogP contribution in [0.25, 0.3) is 0 Å². The van der Waals surface area contributed by atoms with E-state index in [0.29, 0.717) is 17.4 Å². The molecule has 3 aliphatic rings. The summed E-state index contributed by atoms with van der Waals surface area (Å²) in [5.74, 6) is 1.50. The summed E-state index contributed by atoms with van der Waals surface area (Å²) < 4.78 is 0. The van der Waals surface area contributed by atoms with Gasteiger partial charge in [0.2, 0.25) is 11.8 Å². The highest BCUT2D eigenvalue weighted by atomic mass is 16.2. The predicted octanol–water partition coefficient (Wildman–Crippen LogP) is 2.85. The zero-order valence-corrected chi connectivity index (χ0v) is 15.7. The lowest BCUT2D eigenvalue weighted by atomic mass is 9.68. The number of amides is 2. The predicted molar refractivity (Wildman–Crippen MR) is 102 cm³/mol. The lowest BCUT2D eigenvalue weighted by Crippen LogP contribution is -2.57. The van der Waals surface area contributed by atoms with Crippen molar-refractivity contribution in [3.8, 4) is 0 Å². The van der Waals surface area contributed by atoms with Crippen LogP contribution in [0.1, 0.15) is 61.7 Å². The van der Waals surface area contributed by atoms with E-state index >= 15 is 0 Å². The molecule has 2 N–H and O–H groups in total. The number of fused-ring (bicyclic) bond motifs is 3. The van der Waals surface area contributed by atoms with E-state index in [4.69, 9.17) is 0 Å². The molecule has 5 atom stereocenters. The zero-order chi connectivity index (χ0) is 18.8. The number of rotatable bonds is 5. The molecule has 1 saturated heterocycles. The summed E-state index contributed by atoms with van der Waals surface area (Å²) in [6.45, 7) is 0. The Kier molecular flexibility index (Phi) is 5.28. The first kappa shape index (κ1) is 18.2. The summed E-state index contributed by atoms with van der Waals surface area (Å²) in [7, 11) is 0. The van der Waals surface area contributed by atoms with Crippen LogP contribution in [0, 0.1) is 17.8 Å². The Bertz CT molecular complexity index is 718. The van der Waals surface area contributed by atoms with Crippen LogP contribution in [0.5, 0.6) is 0 Å². The monoisotopic (exact) mass is 368 g/mol. The lowest BCUT2D eigenvalue weighted by molar-refractivity contribution is -0.132. The van der Waals surface area contributed by atoms with E-state index in [9.17, 15) is 14.4 Å². The molecule has 144 valence electrons. The molecule has 2 aliphatic carbocycles. The molecule has 27 heavy (non-hydrogen) atoms. The van der Waals surface area contributed by atoms with Gasteiger partial charge in [-0.15, -0.1) is 0 Å². The molecule has 0 radical (unpaired) electrons. The standard InChI is InChI=1S/C22H28N2O3/c25-20(14-5-2-1-3-6-14)11-12-21(26)23-15-9-10-17-16-7-4-8-18(16)22(27)24-19(17)13-15/h1-3,5-6,15-19H,4,7-13H2,(H,23,26)(H,24,27). The summed E-state index contributed by atoms with van der Waals surface area (Å²) in [6, 6.07) is 9.40. The minimum atomic E-state index is -0.0661. The van der Waals surface area contributed by atoms with Crippen LogP contribution in [0.3, 0.4) is 0 Å². The molecule has 1 heterocycles. The molecule has 3 fully saturated rings. The molecule has 1 aromatic rings. The van der Waals surface area contributed by atoms with E-state index in [0.717, 1.165) is 25.7 Å². The maximum Gasteiger partial charge on any atom is 0.223 e. The average molecular weight is 368 g/mol. The van der Waals surface area contributed by atoms with Gasteiger partial charge in [0, 0.05) is 36.4 Å². The van der Waals surface area contributed by atoms with E-state index in [-0.39, 0.29) is 48.4 Å². The molecular formula is C22H28N2O3. The maximum absolute atomic E-state index is 12.3. The number of nitrogens with one attached hydrogen (secondary N) is 2. The summed E-state index contributed by atoms with van der Waals surface area (Å²) in [5.41, 5.74) is 0.654. The third kappa shape index (κ3) is 3.92. The third-order valence-electron chi connectivity index (χ3n) is 6.73. The average Bonchev–Trinajstić information content (AvgIpc) is 3.17. The van der Waals surface area contributed by atoms with Gasteiger partial charge in [-0.05, 0) is 43.9 Å². The summed E-state index contributed by atoms with van der Waals surface area (Å²) >= 11 is 0. The van der Waals surface area contributed by atoms with Crippen molar-refractivity contribution >= 4 is 17.6 Å².